The van der Waals surface area contributed by atoms with Crippen molar-refractivity contribution in [2.45, 2.75) is 25.2 Å². The molecule has 0 heterocycles. The van der Waals surface area contributed by atoms with Crippen LogP contribution in [0, 0.1) is 5.92 Å². The number of sulfonamides is 1. The molecule has 1 rings (SSSR count). The Morgan fingerprint density at radius 2 is 1.95 bits per heavy atom. The number of anilines is 1. The molecule has 0 unspecified atom stereocenters. The summed E-state index contributed by atoms with van der Waals surface area (Å²) in [6, 6.07) is 4.32. The molecule has 0 bridgehead atoms. The van der Waals surface area contributed by atoms with Gasteiger partial charge in [-0.25, -0.2) is 18.4 Å². The Kier molecular flexibility index (Phi) is 5.74. The summed E-state index contributed by atoms with van der Waals surface area (Å²) >= 11 is 0. The first kappa shape index (κ1) is 17.5. The molecule has 0 aliphatic heterocycles. The molecule has 118 valence electrons. The van der Waals surface area contributed by atoms with E-state index in [-0.39, 0.29) is 10.5 Å². The van der Waals surface area contributed by atoms with E-state index in [1.807, 2.05) is 13.8 Å². The highest BCUT2D eigenvalue weighted by Crippen LogP contribution is 2.24. The lowest BCUT2D eigenvalue weighted by Gasteiger charge is -2.17. The monoisotopic (exact) mass is 314 g/mol. The van der Waals surface area contributed by atoms with E-state index in [9.17, 15) is 13.2 Å². The van der Waals surface area contributed by atoms with Crippen LogP contribution in [0.1, 0.15) is 30.6 Å². The first-order valence-corrected chi connectivity index (χ1v) is 8.19. The Morgan fingerprint density at radius 3 is 2.43 bits per heavy atom. The highest BCUT2D eigenvalue weighted by molar-refractivity contribution is 7.89. The van der Waals surface area contributed by atoms with Crippen molar-refractivity contribution in [2.24, 2.45) is 11.1 Å². The third-order valence-corrected chi connectivity index (χ3v) is 3.85. The summed E-state index contributed by atoms with van der Waals surface area (Å²) in [5, 5.41) is 5.20. The van der Waals surface area contributed by atoms with E-state index < -0.39 is 16.0 Å². The number of esters is 1. The average molecular weight is 314 g/mol. The molecule has 0 aliphatic rings. The molecule has 0 fully saturated rings. The highest BCUT2D eigenvalue weighted by Gasteiger charge is 2.19. The van der Waals surface area contributed by atoms with Gasteiger partial charge >= 0.3 is 5.97 Å². The predicted octanol–water partition coefficient (Wildman–Crippen LogP) is 1.60. The molecule has 0 saturated heterocycles. The maximum absolute atomic E-state index is 11.9. The Labute approximate surface area is 125 Å². The van der Waals surface area contributed by atoms with Gasteiger partial charge in [-0.3, -0.25) is 0 Å². The molecule has 2 N–H and O–H groups in total. The third kappa shape index (κ3) is 5.02. The van der Waals surface area contributed by atoms with Crippen LogP contribution in [-0.2, 0) is 14.8 Å². The number of ether oxygens (including phenoxy) is 1. The number of carbonyl (C=O) groups is 1. The van der Waals surface area contributed by atoms with Gasteiger partial charge in [0.1, 0.15) is 4.90 Å². The lowest BCUT2D eigenvalue weighted by molar-refractivity contribution is 0.0488. The van der Waals surface area contributed by atoms with Gasteiger partial charge in [0.05, 0.1) is 17.9 Å². The molecule has 0 aliphatic carbocycles. The number of primary sulfonamides is 1. The maximum Gasteiger partial charge on any atom is 0.338 e. The Hall–Kier alpha value is -1.60. The fourth-order valence-corrected chi connectivity index (χ4v) is 2.54. The summed E-state index contributed by atoms with van der Waals surface area (Å²) < 4.78 is 28.4. The standard InChI is InChI=1S/C14H22N2O4S/c1-10(2)7-8-20-14(17)11-5-6-12(16(3)4)13(9-11)21(15,18)19/h5-6,9-10H,7-8H2,1-4H3,(H2,15,18,19). The van der Waals surface area contributed by atoms with Gasteiger partial charge in [0.15, 0.2) is 0 Å². The van der Waals surface area contributed by atoms with Crippen LogP contribution in [0.2, 0.25) is 0 Å². The topological polar surface area (TPSA) is 89.7 Å². The summed E-state index contributed by atoms with van der Waals surface area (Å²) in [4.78, 5) is 13.4. The normalized spacial score (nSPS) is 11.5. The number of rotatable bonds is 6. The molecule has 0 atom stereocenters. The van der Waals surface area contributed by atoms with Crippen LogP contribution in [0.3, 0.4) is 0 Å². The summed E-state index contributed by atoms with van der Waals surface area (Å²) in [5.41, 5.74) is 0.601. The van der Waals surface area contributed by atoms with Gasteiger partial charge in [0, 0.05) is 14.1 Å². The van der Waals surface area contributed by atoms with Crippen LogP contribution in [-0.4, -0.2) is 35.1 Å². The first-order valence-electron chi connectivity index (χ1n) is 6.64. The zero-order chi connectivity index (χ0) is 16.2. The van der Waals surface area contributed by atoms with Crippen molar-refractivity contribution < 1.29 is 17.9 Å². The minimum Gasteiger partial charge on any atom is -0.462 e. The van der Waals surface area contributed by atoms with Crippen LogP contribution < -0.4 is 10.0 Å². The summed E-state index contributed by atoms with van der Waals surface area (Å²) in [6.07, 6.45) is 0.754. The van der Waals surface area contributed by atoms with Crippen LogP contribution in [0.15, 0.2) is 23.1 Å². The molecule has 7 heteroatoms. The van der Waals surface area contributed by atoms with E-state index in [0.717, 1.165) is 6.42 Å². The molecule has 0 radical (unpaired) electrons. The van der Waals surface area contributed by atoms with E-state index >= 15 is 0 Å². The number of carbonyl (C=O) groups excluding carboxylic acids is 1. The molecule has 21 heavy (non-hydrogen) atoms. The second-order valence-corrected chi connectivity index (χ2v) is 6.97. The van der Waals surface area contributed by atoms with E-state index in [4.69, 9.17) is 9.88 Å². The molecule has 0 spiro atoms. The molecular formula is C14H22N2O4S. The zero-order valence-corrected chi connectivity index (χ0v) is 13.6. The largest absolute Gasteiger partial charge is 0.462 e. The van der Waals surface area contributed by atoms with E-state index in [1.165, 1.54) is 12.1 Å². The van der Waals surface area contributed by atoms with E-state index in [2.05, 4.69) is 0 Å². The van der Waals surface area contributed by atoms with Gasteiger partial charge in [0.25, 0.3) is 0 Å². The van der Waals surface area contributed by atoms with Crippen molar-refractivity contribution >= 4 is 21.7 Å². The van der Waals surface area contributed by atoms with Crippen molar-refractivity contribution in [3.63, 3.8) is 0 Å². The number of benzene rings is 1. The van der Waals surface area contributed by atoms with Gasteiger partial charge in [-0.1, -0.05) is 13.8 Å². The summed E-state index contributed by atoms with van der Waals surface area (Å²) in [5.74, 6) is -0.125. The summed E-state index contributed by atoms with van der Waals surface area (Å²) in [6.45, 7) is 4.36. The smallest absolute Gasteiger partial charge is 0.338 e. The minimum absolute atomic E-state index is 0.0918. The lowest BCUT2D eigenvalue weighted by Crippen LogP contribution is -2.20. The molecule has 0 saturated carbocycles. The van der Waals surface area contributed by atoms with E-state index in [1.54, 1.807) is 25.1 Å². The van der Waals surface area contributed by atoms with Gasteiger partial charge in [-0.2, -0.15) is 0 Å². The minimum atomic E-state index is -3.92. The molecular weight excluding hydrogens is 292 g/mol. The van der Waals surface area contributed by atoms with Crippen LogP contribution >= 0.6 is 0 Å². The van der Waals surface area contributed by atoms with Gasteiger partial charge in [-0.05, 0) is 30.5 Å². The number of hydrogen-bond donors (Lipinski definition) is 1. The second-order valence-electron chi connectivity index (χ2n) is 5.44. The fourth-order valence-electron chi connectivity index (χ4n) is 1.71. The highest BCUT2D eigenvalue weighted by atomic mass is 32.2. The molecule has 0 aromatic heterocycles. The Balaban J connectivity index is 3.03. The first-order chi connectivity index (χ1) is 9.62. The van der Waals surface area contributed by atoms with Gasteiger partial charge in [0.2, 0.25) is 10.0 Å². The SMILES string of the molecule is CC(C)CCOC(=O)c1ccc(N(C)C)c(S(N)(=O)=O)c1. The Bertz CT molecular complexity index is 609. The maximum atomic E-state index is 11.9. The van der Waals surface area contributed by atoms with Crippen molar-refractivity contribution in [2.75, 3.05) is 25.6 Å². The molecule has 1 aromatic carbocycles. The third-order valence-electron chi connectivity index (χ3n) is 2.91. The van der Waals surface area contributed by atoms with Crippen LogP contribution in [0.25, 0.3) is 0 Å². The van der Waals surface area contributed by atoms with Gasteiger partial charge in [-0.15, -0.1) is 0 Å². The van der Waals surface area contributed by atoms with Gasteiger partial charge < -0.3 is 9.64 Å². The lowest BCUT2D eigenvalue weighted by atomic mass is 10.1. The number of nitrogens with zero attached hydrogens (tertiary/aromatic N) is 1. The number of hydrogen-bond acceptors (Lipinski definition) is 5. The van der Waals surface area contributed by atoms with Crippen LogP contribution in [0.4, 0.5) is 5.69 Å². The second kappa shape index (κ2) is 6.91. The van der Waals surface area contributed by atoms with Crippen molar-refractivity contribution in [3.8, 4) is 0 Å². The zero-order valence-electron chi connectivity index (χ0n) is 12.8. The molecule has 1 aromatic rings. The average Bonchev–Trinajstić information content (AvgIpc) is 2.36. The van der Waals surface area contributed by atoms with E-state index in [0.29, 0.717) is 18.2 Å². The fraction of sp³-hybridized carbons (Fsp3) is 0.500. The summed E-state index contributed by atoms with van der Waals surface area (Å²) in [7, 11) is -0.520. The quantitative estimate of drug-likeness (QED) is 0.806. The Morgan fingerprint density at radius 1 is 1.33 bits per heavy atom. The molecule has 6 nitrogen and oxygen atoms in total. The predicted molar refractivity (Wildman–Crippen MR) is 81.9 cm³/mol. The molecule has 0 amide bonds. The van der Waals surface area contributed by atoms with Crippen LogP contribution in [0.5, 0.6) is 0 Å². The van der Waals surface area contributed by atoms with Crippen molar-refractivity contribution in [3.05, 3.63) is 23.8 Å². The number of nitrogens with two attached hydrogens (primary N) is 1. The van der Waals surface area contributed by atoms with Crippen molar-refractivity contribution in [1.29, 1.82) is 0 Å². The van der Waals surface area contributed by atoms with Crippen molar-refractivity contribution in [1.82, 2.24) is 0 Å².